The molecule has 0 N–H and O–H groups in total. The van der Waals surface area contributed by atoms with E-state index in [9.17, 15) is 4.39 Å². The number of hydrogen-bond donors (Lipinski definition) is 0. The summed E-state index contributed by atoms with van der Waals surface area (Å²) in [5.41, 5.74) is 2.12. The van der Waals surface area contributed by atoms with E-state index in [-0.39, 0.29) is 5.82 Å². The molecule has 2 heteroatoms. The molecule has 0 atom stereocenters. The van der Waals surface area contributed by atoms with Crippen molar-refractivity contribution in [3.63, 3.8) is 0 Å². The van der Waals surface area contributed by atoms with Crippen LogP contribution in [0.3, 0.4) is 0 Å². The number of halogens is 2. The van der Waals surface area contributed by atoms with E-state index in [1.165, 1.54) is 12.1 Å². The highest BCUT2D eigenvalue weighted by Crippen LogP contribution is 2.11. The Kier molecular flexibility index (Phi) is 4.48. The quantitative estimate of drug-likeness (QED) is 0.674. The number of rotatable bonds is 3. The maximum absolute atomic E-state index is 12.7. The molecule has 2 aromatic carbocycles. The van der Waals surface area contributed by atoms with E-state index in [1.54, 1.807) is 12.1 Å². The first-order chi connectivity index (χ1) is 8.74. The second-order valence-electron chi connectivity index (χ2n) is 3.82. The third-order valence-electron chi connectivity index (χ3n) is 2.43. The molecular weight excluding hydrogens is 291 g/mol. The minimum atomic E-state index is -0.211. The molecule has 0 radical (unpaired) electrons. The molecule has 0 saturated heterocycles. The van der Waals surface area contributed by atoms with Crippen LogP contribution in [0.4, 0.5) is 4.39 Å². The van der Waals surface area contributed by atoms with Gasteiger partial charge in [-0.1, -0.05) is 64.5 Å². The second-order valence-corrected chi connectivity index (χ2v) is 4.74. The Bertz CT molecular complexity index is 497. The van der Waals surface area contributed by atoms with Gasteiger partial charge >= 0.3 is 0 Å². The Morgan fingerprint density at radius 3 is 1.67 bits per heavy atom. The summed E-state index contributed by atoms with van der Waals surface area (Å²) < 4.78 is 13.8. The molecule has 0 aliphatic carbocycles. The van der Waals surface area contributed by atoms with Gasteiger partial charge in [-0.15, -0.1) is 0 Å². The predicted octanol–water partition coefficient (Wildman–Crippen LogP) is 5.31. The van der Waals surface area contributed by atoms with E-state index < -0.39 is 0 Å². The van der Waals surface area contributed by atoms with Crippen LogP contribution >= 0.6 is 15.9 Å². The van der Waals surface area contributed by atoms with Gasteiger partial charge in [0.1, 0.15) is 5.82 Å². The monoisotopic (exact) mass is 302 g/mol. The third kappa shape index (κ3) is 3.97. The van der Waals surface area contributed by atoms with E-state index in [1.807, 2.05) is 48.6 Å². The molecule has 0 spiro atoms. The zero-order valence-electron chi connectivity index (χ0n) is 9.68. The third-order valence-corrected chi connectivity index (χ3v) is 2.96. The molecule has 0 nitrogen and oxygen atoms in total. The van der Waals surface area contributed by atoms with E-state index in [4.69, 9.17) is 0 Å². The standard InChI is InChI=1S/C16H12BrF/c17-15-9-5-13(6-10-15)3-1-2-4-14-7-11-16(18)12-8-14/h1-12H/b3-1+,4-2+. The van der Waals surface area contributed by atoms with Crippen molar-refractivity contribution in [2.45, 2.75) is 0 Å². The molecule has 2 aromatic rings. The van der Waals surface area contributed by atoms with Crippen LogP contribution in [0.15, 0.2) is 65.2 Å². The summed E-state index contributed by atoms with van der Waals surface area (Å²) in [5, 5.41) is 0. The Morgan fingerprint density at radius 2 is 1.17 bits per heavy atom. The number of benzene rings is 2. The summed E-state index contributed by atoms with van der Waals surface area (Å²) in [6, 6.07) is 14.5. The molecule has 0 saturated carbocycles. The fourth-order valence-corrected chi connectivity index (χ4v) is 1.75. The summed E-state index contributed by atoms with van der Waals surface area (Å²) in [6.07, 6.45) is 7.86. The van der Waals surface area contributed by atoms with Crippen molar-refractivity contribution in [1.82, 2.24) is 0 Å². The minimum absolute atomic E-state index is 0.211. The van der Waals surface area contributed by atoms with Gasteiger partial charge in [-0.2, -0.15) is 0 Å². The van der Waals surface area contributed by atoms with Crippen LogP contribution in [0.1, 0.15) is 11.1 Å². The molecule has 0 amide bonds. The van der Waals surface area contributed by atoms with Crippen LogP contribution in [0.25, 0.3) is 12.2 Å². The SMILES string of the molecule is Fc1ccc(/C=C/C=C/c2ccc(Br)cc2)cc1. The Morgan fingerprint density at radius 1 is 0.722 bits per heavy atom. The summed E-state index contributed by atoms with van der Waals surface area (Å²) in [6.45, 7) is 0. The molecule has 90 valence electrons. The van der Waals surface area contributed by atoms with Crippen molar-refractivity contribution >= 4 is 28.1 Å². The minimum Gasteiger partial charge on any atom is -0.207 e. The molecule has 2 rings (SSSR count). The second kappa shape index (κ2) is 6.31. The maximum Gasteiger partial charge on any atom is 0.123 e. The zero-order valence-corrected chi connectivity index (χ0v) is 11.3. The van der Waals surface area contributed by atoms with Crippen molar-refractivity contribution in [1.29, 1.82) is 0 Å². The van der Waals surface area contributed by atoms with Crippen molar-refractivity contribution in [3.8, 4) is 0 Å². The van der Waals surface area contributed by atoms with Crippen LogP contribution in [0.2, 0.25) is 0 Å². The molecule has 0 aromatic heterocycles. The molecule has 0 bridgehead atoms. The number of hydrogen-bond acceptors (Lipinski definition) is 0. The summed E-state index contributed by atoms with van der Waals surface area (Å²) in [7, 11) is 0. The number of allylic oxidation sites excluding steroid dienone is 2. The lowest BCUT2D eigenvalue weighted by atomic mass is 10.2. The van der Waals surface area contributed by atoms with Crippen LogP contribution < -0.4 is 0 Å². The first-order valence-corrected chi connectivity index (χ1v) is 6.39. The van der Waals surface area contributed by atoms with Crippen LogP contribution in [-0.4, -0.2) is 0 Å². The van der Waals surface area contributed by atoms with Gasteiger partial charge in [0.05, 0.1) is 0 Å². The molecule has 0 aliphatic heterocycles. The van der Waals surface area contributed by atoms with E-state index in [0.29, 0.717) is 0 Å². The lowest BCUT2D eigenvalue weighted by molar-refractivity contribution is 0.628. The predicted molar refractivity (Wildman–Crippen MR) is 78.6 cm³/mol. The average Bonchev–Trinajstić information content (AvgIpc) is 2.39. The van der Waals surface area contributed by atoms with Crippen LogP contribution in [0.5, 0.6) is 0 Å². The van der Waals surface area contributed by atoms with Crippen molar-refractivity contribution in [2.24, 2.45) is 0 Å². The molecule has 0 heterocycles. The van der Waals surface area contributed by atoms with Crippen LogP contribution in [0, 0.1) is 5.82 Å². The van der Waals surface area contributed by atoms with E-state index >= 15 is 0 Å². The van der Waals surface area contributed by atoms with Crippen molar-refractivity contribution in [2.75, 3.05) is 0 Å². The fourth-order valence-electron chi connectivity index (χ4n) is 1.48. The van der Waals surface area contributed by atoms with E-state index in [0.717, 1.165) is 15.6 Å². The van der Waals surface area contributed by atoms with Crippen molar-refractivity contribution < 1.29 is 4.39 Å². The highest BCUT2D eigenvalue weighted by atomic mass is 79.9. The van der Waals surface area contributed by atoms with Crippen LogP contribution in [-0.2, 0) is 0 Å². The summed E-state index contributed by atoms with van der Waals surface area (Å²) >= 11 is 3.39. The van der Waals surface area contributed by atoms with Gasteiger partial charge in [-0.25, -0.2) is 4.39 Å². The normalized spacial score (nSPS) is 11.4. The summed E-state index contributed by atoms with van der Waals surface area (Å²) in [4.78, 5) is 0. The zero-order chi connectivity index (χ0) is 12.8. The Balaban J connectivity index is 1.98. The molecular formula is C16H12BrF. The van der Waals surface area contributed by atoms with Gasteiger partial charge in [0.25, 0.3) is 0 Å². The van der Waals surface area contributed by atoms with Crippen molar-refractivity contribution in [3.05, 3.63) is 82.1 Å². The van der Waals surface area contributed by atoms with Gasteiger partial charge in [0.15, 0.2) is 0 Å². The smallest absolute Gasteiger partial charge is 0.123 e. The first kappa shape index (κ1) is 12.8. The van der Waals surface area contributed by atoms with Gasteiger partial charge in [0, 0.05) is 4.47 Å². The summed E-state index contributed by atoms with van der Waals surface area (Å²) in [5.74, 6) is -0.211. The van der Waals surface area contributed by atoms with E-state index in [2.05, 4.69) is 15.9 Å². The van der Waals surface area contributed by atoms with Gasteiger partial charge in [-0.3, -0.25) is 0 Å². The highest BCUT2D eigenvalue weighted by molar-refractivity contribution is 9.10. The fraction of sp³-hybridized carbons (Fsp3) is 0. The largest absolute Gasteiger partial charge is 0.207 e. The molecule has 0 aliphatic rings. The molecule has 0 fully saturated rings. The highest BCUT2D eigenvalue weighted by Gasteiger charge is 1.88. The van der Waals surface area contributed by atoms with Gasteiger partial charge < -0.3 is 0 Å². The lowest BCUT2D eigenvalue weighted by Gasteiger charge is -1.93. The maximum atomic E-state index is 12.7. The Hall–Kier alpha value is -1.67. The average molecular weight is 303 g/mol. The lowest BCUT2D eigenvalue weighted by Crippen LogP contribution is -1.73. The molecule has 18 heavy (non-hydrogen) atoms. The van der Waals surface area contributed by atoms with Gasteiger partial charge in [0.2, 0.25) is 0 Å². The topological polar surface area (TPSA) is 0 Å². The molecule has 0 unspecified atom stereocenters. The first-order valence-electron chi connectivity index (χ1n) is 5.60. The Labute approximate surface area is 115 Å². The van der Waals surface area contributed by atoms with Gasteiger partial charge in [-0.05, 0) is 35.4 Å².